The molecular weight excluding hydrogens is 403 g/mol. The third-order valence-electron chi connectivity index (χ3n) is 4.30. The van der Waals surface area contributed by atoms with E-state index in [9.17, 15) is 27.9 Å². The van der Waals surface area contributed by atoms with E-state index in [1.165, 1.54) is 0 Å². The molecule has 0 unspecified atom stereocenters. The summed E-state index contributed by atoms with van der Waals surface area (Å²) in [6.45, 7) is -0.192. The summed E-state index contributed by atoms with van der Waals surface area (Å²) in [6, 6.07) is 11.6. The number of nitrogens with one attached hydrogen (secondary N) is 2. The summed E-state index contributed by atoms with van der Waals surface area (Å²) in [5, 5.41) is 15.8. The number of fused-ring (bicyclic) bond motifs is 1. The van der Waals surface area contributed by atoms with Crippen LogP contribution < -0.4 is 15.4 Å². The van der Waals surface area contributed by atoms with Crippen molar-refractivity contribution in [3.63, 3.8) is 0 Å². The van der Waals surface area contributed by atoms with Crippen LogP contribution >= 0.6 is 0 Å². The Morgan fingerprint density at radius 3 is 2.47 bits per heavy atom. The van der Waals surface area contributed by atoms with Gasteiger partial charge in [-0.15, -0.1) is 13.2 Å². The van der Waals surface area contributed by atoms with E-state index in [1.807, 2.05) is 29.9 Å². The van der Waals surface area contributed by atoms with Crippen LogP contribution in [0.4, 0.5) is 18.9 Å². The smallest absolute Gasteiger partial charge is 0.406 e. The number of carbonyl (C=O) groups excluding carboxylic acids is 2. The summed E-state index contributed by atoms with van der Waals surface area (Å²) in [6.07, 6.45) is -3.96. The molecule has 3 aromatic rings. The third kappa shape index (κ3) is 5.29. The van der Waals surface area contributed by atoms with E-state index in [1.54, 1.807) is 12.1 Å². The fourth-order valence-electron chi connectivity index (χ4n) is 2.82. The number of aromatic nitrogens is 1. The average molecular weight is 421 g/mol. The van der Waals surface area contributed by atoms with Crippen molar-refractivity contribution in [3.05, 3.63) is 60.3 Å². The number of nitrogens with zero attached hydrogens (tertiary/aromatic N) is 1. The lowest BCUT2D eigenvalue weighted by molar-refractivity contribution is -0.274. The highest BCUT2D eigenvalue weighted by Gasteiger charge is 2.31. The lowest BCUT2D eigenvalue weighted by Crippen LogP contribution is -2.37. The minimum absolute atomic E-state index is 0.111. The molecule has 1 aromatic heterocycles. The number of hydrogen-bond acceptors (Lipinski definition) is 4. The van der Waals surface area contributed by atoms with E-state index in [2.05, 4.69) is 15.4 Å². The fourth-order valence-corrected chi connectivity index (χ4v) is 2.82. The first-order valence-corrected chi connectivity index (χ1v) is 8.80. The molecule has 0 aliphatic carbocycles. The molecular formula is C20H18F3N3O4. The molecule has 2 amide bonds. The van der Waals surface area contributed by atoms with Crippen molar-refractivity contribution in [2.75, 3.05) is 11.9 Å². The number of amides is 2. The Kier molecular flexibility index (Phi) is 5.97. The van der Waals surface area contributed by atoms with E-state index in [-0.39, 0.29) is 12.2 Å². The molecule has 7 nitrogen and oxygen atoms in total. The SMILES string of the molecule is Cn1ccc2cc([C@H](O)CNC(=O)C(=O)Nc3ccc(OC(F)(F)F)cc3)ccc21. The second kappa shape index (κ2) is 8.46. The van der Waals surface area contributed by atoms with Crippen molar-refractivity contribution in [2.24, 2.45) is 7.05 Å². The Labute approximate surface area is 169 Å². The van der Waals surface area contributed by atoms with Crippen molar-refractivity contribution >= 4 is 28.4 Å². The summed E-state index contributed by atoms with van der Waals surface area (Å²) in [5.41, 5.74) is 1.68. The second-order valence-electron chi connectivity index (χ2n) is 6.50. The first-order valence-electron chi connectivity index (χ1n) is 8.80. The number of carbonyl (C=O) groups is 2. The van der Waals surface area contributed by atoms with Crippen LogP contribution in [0.25, 0.3) is 10.9 Å². The molecule has 3 N–H and O–H groups in total. The number of rotatable bonds is 5. The number of halogens is 3. The molecule has 0 spiro atoms. The van der Waals surface area contributed by atoms with E-state index < -0.39 is 30.0 Å². The Balaban J connectivity index is 1.52. The highest BCUT2D eigenvalue weighted by Crippen LogP contribution is 2.24. The molecule has 10 heteroatoms. The lowest BCUT2D eigenvalue weighted by atomic mass is 10.1. The highest BCUT2D eigenvalue weighted by atomic mass is 19.4. The monoisotopic (exact) mass is 421 g/mol. The number of benzene rings is 2. The van der Waals surface area contributed by atoms with Gasteiger partial charge in [-0.2, -0.15) is 0 Å². The fraction of sp³-hybridized carbons (Fsp3) is 0.200. The number of alkyl halides is 3. The standard InChI is InChI=1S/C20H18F3N3O4/c1-26-9-8-12-10-13(2-7-16(12)26)17(27)11-24-18(28)19(29)25-14-3-5-15(6-4-14)30-20(21,22)23/h2-10,17,27H,11H2,1H3,(H,24,28)(H,25,29)/t17-/m1/s1. The largest absolute Gasteiger partial charge is 0.573 e. The van der Waals surface area contributed by atoms with Crippen LogP contribution in [0, 0.1) is 0 Å². The molecule has 1 atom stereocenters. The summed E-state index contributed by atoms with van der Waals surface area (Å²) in [7, 11) is 1.90. The zero-order chi connectivity index (χ0) is 21.9. The van der Waals surface area contributed by atoms with Gasteiger partial charge >= 0.3 is 18.2 Å². The van der Waals surface area contributed by atoms with Crippen molar-refractivity contribution in [2.45, 2.75) is 12.5 Å². The molecule has 0 aliphatic rings. The maximum Gasteiger partial charge on any atom is 0.573 e. The third-order valence-corrected chi connectivity index (χ3v) is 4.30. The summed E-state index contributed by atoms with van der Waals surface area (Å²) in [5.74, 6) is -2.47. The Morgan fingerprint density at radius 1 is 1.10 bits per heavy atom. The van der Waals surface area contributed by atoms with Crippen molar-refractivity contribution in [3.8, 4) is 5.75 Å². The minimum atomic E-state index is -4.82. The summed E-state index contributed by atoms with van der Waals surface area (Å²) < 4.78 is 42.1. The van der Waals surface area contributed by atoms with Gasteiger partial charge in [0.25, 0.3) is 0 Å². The molecule has 0 fully saturated rings. The van der Waals surface area contributed by atoms with E-state index in [4.69, 9.17) is 0 Å². The van der Waals surface area contributed by atoms with Crippen LogP contribution in [0.1, 0.15) is 11.7 Å². The maximum atomic E-state index is 12.1. The van der Waals surface area contributed by atoms with Gasteiger partial charge in [0.1, 0.15) is 5.75 Å². The maximum absolute atomic E-state index is 12.1. The van der Waals surface area contributed by atoms with E-state index in [0.29, 0.717) is 5.56 Å². The number of ether oxygens (including phenoxy) is 1. The Bertz CT molecular complexity index is 1060. The van der Waals surface area contributed by atoms with Gasteiger partial charge in [-0.25, -0.2) is 0 Å². The van der Waals surface area contributed by atoms with Crippen LogP contribution in [-0.4, -0.2) is 34.4 Å². The molecule has 3 rings (SSSR count). The van der Waals surface area contributed by atoms with E-state index in [0.717, 1.165) is 35.2 Å². The zero-order valence-electron chi connectivity index (χ0n) is 15.7. The van der Waals surface area contributed by atoms with Crippen LogP contribution in [-0.2, 0) is 16.6 Å². The number of aryl methyl sites for hydroxylation is 1. The van der Waals surface area contributed by atoms with Crippen LogP contribution in [0.3, 0.4) is 0 Å². The van der Waals surface area contributed by atoms with Crippen molar-refractivity contribution in [1.82, 2.24) is 9.88 Å². The quantitative estimate of drug-likeness (QED) is 0.553. The van der Waals surface area contributed by atoms with Gasteiger partial charge in [-0.1, -0.05) is 6.07 Å². The van der Waals surface area contributed by atoms with Crippen LogP contribution in [0.2, 0.25) is 0 Å². The molecule has 0 radical (unpaired) electrons. The minimum Gasteiger partial charge on any atom is -0.406 e. The molecule has 0 bridgehead atoms. The molecule has 2 aromatic carbocycles. The van der Waals surface area contributed by atoms with Gasteiger partial charge in [0, 0.05) is 31.0 Å². The van der Waals surface area contributed by atoms with Gasteiger partial charge in [-0.05, 0) is 53.4 Å². The predicted molar refractivity (Wildman–Crippen MR) is 103 cm³/mol. The first-order chi connectivity index (χ1) is 14.1. The molecule has 0 saturated carbocycles. The lowest BCUT2D eigenvalue weighted by Gasteiger charge is -2.13. The highest BCUT2D eigenvalue weighted by molar-refractivity contribution is 6.39. The molecule has 0 saturated heterocycles. The van der Waals surface area contributed by atoms with Crippen molar-refractivity contribution < 1.29 is 32.6 Å². The van der Waals surface area contributed by atoms with Gasteiger partial charge in [-0.3, -0.25) is 9.59 Å². The Morgan fingerprint density at radius 2 is 1.80 bits per heavy atom. The van der Waals surface area contributed by atoms with Crippen LogP contribution in [0.15, 0.2) is 54.7 Å². The van der Waals surface area contributed by atoms with Gasteiger partial charge in [0.05, 0.1) is 6.10 Å². The number of aliphatic hydroxyl groups excluding tert-OH is 1. The topological polar surface area (TPSA) is 92.6 Å². The number of aliphatic hydroxyl groups is 1. The second-order valence-corrected chi connectivity index (χ2v) is 6.50. The van der Waals surface area contributed by atoms with Gasteiger partial charge in [0.2, 0.25) is 0 Å². The Hall–Kier alpha value is -3.53. The van der Waals surface area contributed by atoms with Gasteiger partial charge < -0.3 is 25.0 Å². The molecule has 158 valence electrons. The normalized spacial score (nSPS) is 12.4. The first kappa shape index (κ1) is 21.2. The van der Waals surface area contributed by atoms with Crippen molar-refractivity contribution in [1.29, 1.82) is 0 Å². The summed E-state index contributed by atoms with van der Waals surface area (Å²) in [4.78, 5) is 23.9. The molecule has 30 heavy (non-hydrogen) atoms. The summed E-state index contributed by atoms with van der Waals surface area (Å²) >= 11 is 0. The average Bonchev–Trinajstić information content (AvgIpc) is 3.06. The molecule has 0 aliphatic heterocycles. The number of hydrogen-bond donors (Lipinski definition) is 3. The van der Waals surface area contributed by atoms with Crippen LogP contribution in [0.5, 0.6) is 5.75 Å². The molecule has 1 heterocycles. The van der Waals surface area contributed by atoms with E-state index >= 15 is 0 Å². The zero-order valence-corrected chi connectivity index (χ0v) is 15.7. The van der Waals surface area contributed by atoms with Gasteiger partial charge in [0.15, 0.2) is 0 Å². The predicted octanol–water partition coefficient (Wildman–Crippen LogP) is 2.87. The number of anilines is 1.